The Morgan fingerprint density at radius 2 is 2.06 bits per heavy atom. The van der Waals surface area contributed by atoms with E-state index < -0.39 is 0 Å². The summed E-state index contributed by atoms with van der Waals surface area (Å²) in [6, 6.07) is 5.56. The van der Waals surface area contributed by atoms with Crippen molar-refractivity contribution in [3.8, 4) is 0 Å². The monoisotopic (exact) mass is 233 g/mol. The Morgan fingerprint density at radius 3 is 2.88 bits per heavy atom. The van der Waals surface area contributed by atoms with Crippen molar-refractivity contribution in [2.75, 3.05) is 13.1 Å². The van der Waals surface area contributed by atoms with Gasteiger partial charge in [-0.15, -0.1) is 0 Å². The molecule has 1 unspecified atom stereocenters. The highest BCUT2D eigenvalue weighted by Gasteiger charge is 2.21. The van der Waals surface area contributed by atoms with Crippen molar-refractivity contribution in [3.05, 3.63) is 35.1 Å². The predicted octanol–water partition coefficient (Wildman–Crippen LogP) is 1.23. The third-order valence-electron chi connectivity index (χ3n) is 3.42. The number of aliphatic imine (C=N–C) groups is 1. The molecule has 4 heteroatoms. The molecule has 0 aromatic heterocycles. The quantitative estimate of drug-likeness (QED) is 0.765. The van der Waals surface area contributed by atoms with Crippen molar-refractivity contribution in [3.63, 3.8) is 0 Å². The molecule has 0 spiro atoms. The predicted molar refractivity (Wildman–Crippen MR) is 65.7 cm³/mol. The Kier molecular flexibility index (Phi) is 2.71. The lowest BCUT2D eigenvalue weighted by molar-refractivity contribution is 0.534. The smallest absolute Gasteiger partial charge is 0.191 e. The molecule has 1 aliphatic heterocycles. The van der Waals surface area contributed by atoms with E-state index >= 15 is 0 Å². The first-order chi connectivity index (χ1) is 8.33. The van der Waals surface area contributed by atoms with E-state index in [2.05, 4.69) is 15.6 Å². The number of hydrogen-bond donors (Lipinski definition) is 2. The van der Waals surface area contributed by atoms with Gasteiger partial charge in [0.05, 0.1) is 6.04 Å². The molecule has 1 atom stereocenters. The summed E-state index contributed by atoms with van der Waals surface area (Å²) in [5.41, 5.74) is 2.00. The van der Waals surface area contributed by atoms with E-state index in [0.29, 0.717) is 0 Å². The van der Waals surface area contributed by atoms with E-state index in [4.69, 9.17) is 0 Å². The van der Waals surface area contributed by atoms with Crippen LogP contribution in [0.4, 0.5) is 4.39 Å². The molecule has 1 heterocycles. The Bertz CT molecular complexity index is 448. The van der Waals surface area contributed by atoms with Crippen molar-refractivity contribution < 1.29 is 4.39 Å². The van der Waals surface area contributed by atoms with Gasteiger partial charge in [0.15, 0.2) is 5.96 Å². The summed E-state index contributed by atoms with van der Waals surface area (Å²) in [7, 11) is 0. The molecule has 0 amide bonds. The van der Waals surface area contributed by atoms with Gasteiger partial charge in [0.25, 0.3) is 0 Å². The zero-order valence-corrected chi connectivity index (χ0v) is 9.67. The van der Waals surface area contributed by atoms with E-state index in [0.717, 1.165) is 49.4 Å². The maximum absolute atomic E-state index is 13.7. The topological polar surface area (TPSA) is 36.4 Å². The Labute approximate surface area is 100 Å². The summed E-state index contributed by atoms with van der Waals surface area (Å²) in [6.45, 7) is 1.85. The second-order valence-electron chi connectivity index (χ2n) is 4.61. The number of hydrogen-bond acceptors (Lipinski definition) is 1. The van der Waals surface area contributed by atoms with E-state index in [-0.39, 0.29) is 11.9 Å². The summed E-state index contributed by atoms with van der Waals surface area (Å²) in [6.07, 6.45) is 2.65. The third kappa shape index (κ3) is 2.12. The molecule has 0 saturated carbocycles. The van der Waals surface area contributed by atoms with Crippen LogP contribution < -0.4 is 10.6 Å². The normalized spacial score (nSPS) is 22.6. The fourth-order valence-electron chi connectivity index (χ4n) is 2.53. The van der Waals surface area contributed by atoms with Crippen molar-refractivity contribution in [2.24, 2.45) is 4.99 Å². The maximum Gasteiger partial charge on any atom is 0.191 e. The number of guanidine groups is 1. The minimum Gasteiger partial charge on any atom is -0.355 e. The molecule has 3 nitrogen and oxygen atoms in total. The van der Waals surface area contributed by atoms with E-state index in [1.54, 1.807) is 12.1 Å². The molecule has 1 aromatic rings. The molecule has 2 N–H and O–H groups in total. The molecule has 0 bridgehead atoms. The Morgan fingerprint density at radius 1 is 1.24 bits per heavy atom. The SMILES string of the molecule is Fc1cccc2c1CC(N=C1NCCN1)CC2. The van der Waals surface area contributed by atoms with Crippen molar-refractivity contribution in [1.29, 1.82) is 0 Å². The van der Waals surface area contributed by atoms with Crippen LogP contribution >= 0.6 is 0 Å². The lowest BCUT2D eigenvalue weighted by Crippen LogP contribution is -2.28. The number of halogens is 1. The van der Waals surface area contributed by atoms with Gasteiger partial charge in [0.2, 0.25) is 0 Å². The van der Waals surface area contributed by atoms with Crippen LogP contribution in [0.5, 0.6) is 0 Å². The Balaban J connectivity index is 1.80. The van der Waals surface area contributed by atoms with Crippen LogP contribution in [-0.4, -0.2) is 25.1 Å². The van der Waals surface area contributed by atoms with Gasteiger partial charge < -0.3 is 10.6 Å². The van der Waals surface area contributed by atoms with Gasteiger partial charge in [0.1, 0.15) is 5.82 Å². The summed E-state index contributed by atoms with van der Waals surface area (Å²) < 4.78 is 13.7. The highest BCUT2D eigenvalue weighted by Crippen LogP contribution is 2.25. The third-order valence-corrected chi connectivity index (χ3v) is 3.42. The molecule has 1 aromatic carbocycles. The van der Waals surface area contributed by atoms with E-state index in [1.807, 2.05) is 6.07 Å². The molecule has 1 fully saturated rings. The molecule has 2 aliphatic rings. The second-order valence-corrected chi connectivity index (χ2v) is 4.61. The minimum atomic E-state index is -0.0836. The molecule has 1 aliphatic carbocycles. The molecule has 1 saturated heterocycles. The highest BCUT2D eigenvalue weighted by atomic mass is 19.1. The number of nitrogens with one attached hydrogen (secondary N) is 2. The average molecular weight is 233 g/mol. The summed E-state index contributed by atoms with van der Waals surface area (Å²) >= 11 is 0. The molecule has 90 valence electrons. The van der Waals surface area contributed by atoms with Crippen LogP contribution in [0.25, 0.3) is 0 Å². The first-order valence-corrected chi connectivity index (χ1v) is 6.15. The van der Waals surface area contributed by atoms with Gasteiger partial charge in [-0.25, -0.2) is 9.38 Å². The lowest BCUT2D eigenvalue weighted by atomic mass is 9.88. The first kappa shape index (κ1) is 10.6. The van der Waals surface area contributed by atoms with Gasteiger partial charge in [0, 0.05) is 13.1 Å². The van der Waals surface area contributed by atoms with Crippen LogP contribution in [0.3, 0.4) is 0 Å². The highest BCUT2D eigenvalue weighted by molar-refractivity contribution is 5.81. The number of rotatable bonds is 1. The molecule has 17 heavy (non-hydrogen) atoms. The lowest BCUT2D eigenvalue weighted by Gasteiger charge is -2.22. The van der Waals surface area contributed by atoms with Crippen LogP contribution in [-0.2, 0) is 12.8 Å². The molecular formula is C13H16FN3. The number of benzene rings is 1. The summed E-state index contributed by atoms with van der Waals surface area (Å²) in [5.74, 6) is 0.787. The van der Waals surface area contributed by atoms with Crippen LogP contribution in [0.15, 0.2) is 23.2 Å². The number of nitrogens with zero attached hydrogens (tertiary/aromatic N) is 1. The minimum absolute atomic E-state index is 0.0836. The van der Waals surface area contributed by atoms with Gasteiger partial charge >= 0.3 is 0 Å². The first-order valence-electron chi connectivity index (χ1n) is 6.15. The largest absolute Gasteiger partial charge is 0.355 e. The van der Waals surface area contributed by atoms with E-state index in [9.17, 15) is 4.39 Å². The van der Waals surface area contributed by atoms with Crippen molar-refractivity contribution in [2.45, 2.75) is 25.3 Å². The average Bonchev–Trinajstić information content (AvgIpc) is 2.83. The van der Waals surface area contributed by atoms with Gasteiger partial charge in [-0.2, -0.15) is 0 Å². The van der Waals surface area contributed by atoms with Crippen LogP contribution in [0, 0.1) is 5.82 Å². The molecule has 0 radical (unpaired) electrons. The zero-order valence-electron chi connectivity index (χ0n) is 9.67. The fourth-order valence-corrected chi connectivity index (χ4v) is 2.53. The van der Waals surface area contributed by atoms with Crippen LogP contribution in [0.1, 0.15) is 17.5 Å². The summed E-state index contributed by atoms with van der Waals surface area (Å²) in [5, 5.41) is 6.38. The fraction of sp³-hybridized carbons (Fsp3) is 0.462. The zero-order chi connectivity index (χ0) is 11.7. The standard InChI is InChI=1S/C13H16FN3/c14-12-3-1-2-9-4-5-10(8-11(9)12)17-13-15-6-7-16-13/h1-3,10H,4-8H2,(H2,15,16,17). The Hall–Kier alpha value is -1.58. The number of aryl methyl sites for hydroxylation is 1. The second kappa shape index (κ2) is 4.35. The summed E-state index contributed by atoms with van der Waals surface area (Å²) in [4.78, 5) is 4.60. The van der Waals surface area contributed by atoms with Gasteiger partial charge in [-0.3, -0.25) is 0 Å². The van der Waals surface area contributed by atoms with Crippen molar-refractivity contribution >= 4 is 5.96 Å². The van der Waals surface area contributed by atoms with Crippen molar-refractivity contribution in [1.82, 2.24) is 10.6 Å². The van der Waals surface area contributed by atoms with Gasteiger partial charge in [-0.1, -0.05) is 12.1 Å². The molecular weight excluding hydrogens is 217 g/mol. The number of fused-ring (bicyclic) bond motifs is 1. The maximum atomic E-state index is 13.7. The molecule has 3 rings (SSSR count). The van der Waals surface area contributed by atoms with Gasteiger partial charge in [-0.05, 0) is 36.5 Å². The van der Waals surface area contributed by atoms with Crippen LogP contribution in [0.2, 0.25) is 0 Å². The van der Waals surface area contributed by atoms with E-state index in [1.165, 1.54) is 0 Å².